The van der Waals surface area contributed by atoms with Gasteiger partial charge in [-0.1, -0.05) is 29.8 Å². The molecule has 0 radical (unpaired) electrons. The van der Waals surface area contributed by atoms with Gasteiger partial charge in [-0.25, -0.2) is 4.79 Å². The molecule has 0 fully saturated rings. The predicted octanol–water partition coefficient (Wildman–Crippen LogP) is 4.14. The van der Waals surface area contributed by atoms with Gasteiger partial charge in [0.25, 0.3) is 0 Å². The van der Waals surface area contributed by atoms with Gasteiger partial charge in [0.15, 0.2) is 11.3 Å². The minimum absolute atomic E-state index is 0.337. The second-order valence-electron chi connectivity index (χ2n) is 4.12. The first-order chi connectivity index (χ1) is 10.2. The maximum Gasteiger partial charge on any atom is 0.330 e. The van der Waals surface area contributed by atoms with E-state index in [1.54, 1.807) is 20.1 Å². The topological polar surface area (TPSA) is 48.7 Å². The summed E-state index contributed by atoms with van der Waals surface area (Å²) in [5, 5.41) is 1.28. The Morgan fingerprint density at radius 2 is 2.24 bits per heavy atom. The van der Waals surface area contributed by atoms with Crippen molar-refractivity contribution in [3.8, 4) is 5.75 Å². The Labute approximate surface area is 127 Å². The number of ether oxygens (including phenoxy) is 2. The number of carbonyl (C=O) groups excluding carboxylic acids is 1. The number of esters is 1. The van der Waals surface area contributed by atoms with E-state index in [-0.39, 0.29) is 0 Å². The molecule has 0 bridgehead atoms. The second kappa shape index (κ2) is 6.99. The molecule has 110 valence electrons. The van der Waals surface area contributed by atoms with Crippen molar-refractivity contribution in [3.63, 3.8) is 0 Å². The fourth-order valence-corrected chi connectivity index (χ4v) is 1.96. The first kappa shape index (κ1) is 15.2. The van der Waals surface area contributed by atoms with Crippen molar-refractivity contribution in [1.82, 2.24) is 0 Å². The maximum atomic E-state index is 11.2. The monoisotopic (exact) mass is 306 g/mol. The summed E-state index contributed by atoms with van der Waals surface area (Å²) in [5.74, 6) is 0.736. The zero-order valence-corrected chi connectivity index (χ0v) is 12.5. The average Bonchev–Trinajstić information content (AvgIpc) is 2.91. The van der Waals surface area contributed by atoms with Gasteiger partial charge in [-0.3, -0.25) is 0 Å². The molecule has 0 amide bonds. The molecule has 0 atom stereocenters. The van der Waals surface area contributed by atoms with Gasteiger partial charge in [-0.05, 0) is 25.1 Å². The molecular weight excluding hydrogens is 292 g/mol. The molecule has 21 heavy (non-hydrogen) atoms. The molecule has 0 aliphatic rings. The highest BCUT2D eigenvalue weighted by atomic mass is 35.5. The number of benzene rings is 1. The molecular formula is C16H15ClO4. The Hall–Kier alpha value is -2.20. The fraction of sp³-hybridized carbons (Fsp3) is 0.188. The number of hydrogen-bond donors (Lipinski definition) is 0. The Bertz CT molecular complexity index is 697. The third kappa shape index (κ3) is 3.67. The van der Waals surface area contributed by atoms with Gasteiger partial charge >= 0.3 is 5.97 Å². The van der Waals surface area contributed by atoms with Crippen LogP contribution in [0.2, 0.25) is 0 Å². The largest absolute Gasteiger partial charge is 0.493 e. The van der Waals surface area contributed by atoms with Crippen LogP contribution >= 0.6 is 11.6 Å². The SMILES string of the molecule is CCOC(=O)/C=C/C=C(\Cl)c1cc2cccc(OC)c2o1. The molecule has 1 aromatic heterocycles. The summed E-state index contributed by atoms with van der Waals surface area (Å²) in [6.07, 6.45) is 4.39. The summed E-state index contributed by atoms with van der Waals surface area (Å²) in [6, 6.07) is 7.41. The van der Waals surface area contributed by atoms with Gasteiger partial charge in [0, 0.05) is 11.5 Å². The minimum atomic E-state index is -0.413. The lowest BCUT2D eigenvalue weighted by molar-refractivity contribution is -0.137. The van der Waals surface area contributed by atoms with Crippen LogP contribution in [0.15, 0.2) is 46.9 Å². The van der Waals surface area contributed by atoms with Crippen molar-refractivity contribution in [2.45, 2.75) is 6.92 Å². The van der Waals surface area contributed by atoms with E-state index in [0.717, 1.165) is 5.39 Å². The van der Waals surface area contributed by atoms with Gasteiger partial charge in [-0.2, -0.15) is 0 Å². The lowest BCUT2D eigenvalue weighted by atomic mass is 10.2. The van der Waals surface area contributed by atoms with E-state index in [4.69, 9.17) is 25.5 Å². The molecule has 0 aliphatic heterocycles. The highest BCUT2D eigenvalue weighted by molar-refractivity contribution is 6.48. The van der Waals surface area contributed by atoms with Crippen LogP contribution in [0.25, 0.3) is 16.0 Å². The van der Waals surface area contributed by atoms with Crippen molar-refractivity contribution in [3.05, 3.63) is 48.3 Å². The Morgan fingerprint density at radius 1 is 1.43 bits per heavy atom. The quantitative estimate of drug-likeness (QED) is 0.473. The van der Waals surface area contributed by atoms with E-state index in [1.165, 1.54) is 12.2 Å². The van der Waals surface area contributed by atoms with Crippen LogP contribution in [-0.2, 0) is 9.53 Å². The third-order valence-electron chi connectivity index (χ3n) is 2.72. The van der Waals surface area contributed by atoms with E-state index < -0.39 is 5.97 Å². The number of para-hydroxylation sites is 1. The Morgan fingerprint density at radius 3 is 2.95 bits per heavy atom. The summed E-state index contributed by atoms with van der Waals surface area (Å²) in [7, 11) is 1.58. The summed E-state index contributed by atoms with van der Waals surface area (Å²) in [4.78, 5) is 11.2. The molecule has 2 aromatic rings. The second-order valence-corrected chi connectivity index (χ2v) is 4.52. The lowest BCUT2D eigenvalue weighted by Crippen LogP contribution is -1.98. The van der Waals surface area contributed by atoms with E-state index in [0.29, 0.717) is 28.7 Å². The number of hydrogen-bond acceptors (Lipinski definition) is 4. The molecule has 0 saturated heterocycles. The number of allylic oxidation sites excluding steroid dienone is 2. The third-order valence-corrected chi connectivity index (χ3v) is 3.04. The fourth-order valence-electron chi connectivity index (χ4n) is 1.80. The molecule has 4 nitrogen and oxygen atoms in total. The zero-order valence-electron chi connectivity index (χ0n) is 11.8. The number of carbonyl (C=O) groups is 1. The first-order valence-corrected chi connectivity index (χ1v) is 6.81. The molecule has 1 aromatic carbocycles. The van der Waals surface area contributed by atoms with Gasteiger partial charge in [0.1, 0.15) is 5.76 Å². The highest BCUT2D eigenvalue weighted by Gasteiger charge is 2.10. The van der Waals surface area contributed by atoms with Crippen molar-refractivity contribution in [2.75, 3.05) is 13.7 Å². The number of furan rings is 1. The van der Waals surface area contributed by atoms with Gasteiger partial charge in [-0.15, -0.1) is 0 Å². The normalized spacial score (nSPS) is 12.0. The molecule has 0 N–H and O–H groups in total. The minimum Gasteiger partial charge on any atom is -0.493 e. The van der Waals surface area contributed by atoms with Gasteiger partial charge < -0.3 is 13.9 Å². The molecule has 0 spiro atoms. The van der Waals surface area contributed by atoms with Crippen molar-refractivity contribution in [2.24, 2.45) is 0 Å². The number of methoxy groups -OCH3 is 1. The van der Waals surface area contributed by atoms with E-state index in [2.05, 4.69) is 0 Å². The number of rotatable bonds is 5. The molecule has 0 saturated carbocycles. The van der Waals surface area contributed by atoms with E-state index >= 15 is 0 Å². The Kier molecular flexibility index (Phi) is 5.06. The highest BCUT2D eigenvalue weighted by Crippen LogP contribution is 2.32. The smallest absolute Gasteiger partial charge is 0.330 e. The van der Waals surface area contributed by atoms with Crippen LogP contribution < -0.4 is 4.74 Å². The van der Waals surface area contributed by atoms with E-state index in [1.807, 2.05) is 24.3 Å². The average molecular weight is 307 g/mol. The summed E-state index contributed by atoms with van der Waals surface area (Å²) < 4.78 is 15.7. The van der Waals surface area contributed by atoms with Crippen LogP contribution in [0.1, 0.15) is 12.7 Å². The Balaban J connectivity index is 2.23. The standard InChI is InChI=1S/C16H15ClO4/c1-3-20-15(18)9-5-7-12(17)14-10-11-6-4-8-13(19-2)16(11)21-14/h4-10H,3H2,1-2H3/b9-5+,12-7-. The van der Waals surface area contributed by atoms with Crippen LogP contribution in [0.3, 0.4) is 0 Å². The first-order valence-electron chi connectivity index (χ1n) is 6.43. The molecule has 1 heterocycles. The summed E-state index contributed by atoms with van der Waals surface area (Å²) in [6.45, 7) is 2.08. The van der Waals surface area contributed by atoms with Crippen molar-refractivity contribution >= 4 is 33.6 Å². The molecule has 2 rings (SSSR count). The number of halogens is 1. The molecule has 0 unspecified atom stereocenters. The summed E-state index contributed by atoms with van der Waals surface area (Å²) in [5.41, 5.74) is 0.635. The maximum absolute atomic E-state index is 11.2. The molecule has 5 heteroatoms. The van der Waals surface area contributed by atoms with E-state index in [9.17, 15) is 4.79 Å². The van der Waals surface area contributed by atoms with Crippen LogP contribution in [0, 0.1) is 0 Å². The van der Waals surface area contributed by atoms with Crippen LogP contribution in [0.5, 0.6) is 5.75 Å². The molecule has 0 aliphatic carbocycles. The zero-order chi connectivity index (χ0) is 15.2. The van der Waals surface area contributed by atoms with Crippen molar-refractivity contribution < 1.29 is 18.7 Å². The predicted molar refractivity (Wildman–Crippen MR) is 82.4 cm³/mol. The van der Waals surface area contributed by atoms with Gasteiger partial charge in [0.2, 0.25) is 0 Å². The van der Waals surface area contributed by atoms with Crippen molar-refractivity contribution in [1.29, 1.82) is 0 Å². The number of fused-ring (bicyclic) bond motifs is 1. The lowest BCUT2D eigenvalue weighted by Gasteiger charge is -1.98. The van der Waals surface area contributed by atoms with Gasteiger partial charge in [0.05, 0.1) is 18.7 Å². The summed E-state index contributed by atoms with van der Waals surface area (Å²) >= 11 is 6.16. The van der Waals surface area contributed by atoms with Crippen LogP contribution in [0.4, 0.5) is 0 Å². The van der Waals surface area contributed by atoms with Crippen LogP contribution in [-0.4, -0.2) is 19.7 Å².